The largest absolute Gasteiger partial charge is 0.754 e. The lowest BCUT2D eigenvalue weighted by molar-refractivity contribution is -0.384. The third kappa shape index (κ3) is 2.72. The molecule has 0 atom stereocenters. The second-order valence-corrected chi connectivity index (χ2v) is 4.70. The topological polar surface area (TPSA) is 82.3 Å². The molecule has 0 aliphatic rings. The van der Waals surface area contributed by atoms with E-state index in [1.54, 1.807) is 18.2 Å². The zero-order valence-corrected chi connectivity index (χ0v) is 11.5. The van der Waals surface area contributed by atoms with Crippen LogP contribution in [0.1, 0.15) is 5.56 Å². The summed E-state index contributed by atoms with van der Waals surface area (Å²) in [4.78, 5) is 14.0. The Hall–Kier alpha value is -1.99. The molecule has 0 bridgehead atoms. The molecule has 0 spiro atoms. The van der Waals surface area contributed by atoms with E-state index in [0.717, 1.165) is 10.0 Å². The van der Waals surface area contributed by atoms with Crippen LogP contribution in [0.5, 0.6) is 0 Å². The lowest BCUT2D eigenvalue weighted by Gasteiger charge is -2.30. The number of benzene rings is 1. The minimum absolute atomic E-state index is 0.0942. The van der Waals surface area contributed by atoms with E-state index in [-0.39, 0.29) is 11.4 Å². The Bertz CT molecular complexity index is 633. The van der Waals surface area contributed by atoms with E-state index >= 15 is 0 Å². The molecule has 0 aliphatic heterocycles. The molecule has 19 heavy (non-hydrogen) atoms. The molecule has 0 amide bonds. The molecule has 1 aromatic heterocycles. The highest BCUT2D eigenvalue weighted by Crippen LogP contribution is 2.33. The summed E-state index contributed by atoms with van der Waals surface area (Å²) in [5.74, 6) is 0. The number of nitro groups is 1. The zero-order valence-electron chi connectivity index (χ0n) is 9.91. The van der Waals surface area contributed by atoms with Crippen molar-refractivity contribution in [1.82, 2.24) is 4.98 Å². The number of anilines is 2. The van der Waals surface area contributed by atoms with Crippen molar-refractivity contribution in [2.45, 2.75) is 6.92 Å². The maximum absolute atomic E-state index is 12.2. The van der Waals surface area contributed by atoms with Crippen LogP contribution in [0.25, 0.3) is 0 Å². The average molecular weight is 323 g/mol. The highest BCUT2D eigenvalue weighted by atomic mass is 79.9. The second-order valence-electron chi connectivity index (χ2n) is 3.85. The molecule has 0 aliphatic carbocycles. The van der Waals surface area contributed by atoms with E-state index in [0.29, 0.717) is 10.8 Å². The molecule has 0 radical (unpaired) electrons. The van der Waals surface area contributed by atoms with E-state index in [1.807, 2.05) is 6.92 Å². The van der Waals surface area contributed by atoms with Crippen molar-refractivity contribution in [3.63, 3.8) is 0 Å². The molecule has 1 heterocycles. The fourth-order valence-electron chi connectivity index (χ4n) is 1.54. The molecule has 6 nitrogen and oxygen atoms in total. The SMILES string of the molecule is Cc1ccc(N([O-])c2cnccc2[N+](=O)[O-])cc1Br. The van der Waals surface area contributed by atoms with E-state index in [4.69, 9.17) is 0 Å². The van der Waals surface area contributed by atoms with Crippen LogP contribution in [0.3, 0.4) is 0 Å². The molecule has 2 rings (SSSR count). The summed E-state index contributed by atoms with van der Waals surface area (Å²) < 4.78 is 0.761. The Morgan fingerprint density at radius 2 is 2.11 bits per heavy atom. The summed E-state index contributed by atoms with van der Waals surface area (Å²) in [6.45, 7) is 1.88. The van der Waals surface area contributed by atoms with Gasteiger partial charge < -0.3 is 10.3 Å². The van der Waals surface area contributed by atoms with Gasteiger partial charge in [0.2, 0.25) is 0 Å². The summed E-state index contributed by atoms with van der Waals surface area (Å²) >= 11 is 3.32. The van der Waals surface area contributed by atoms with Gasteiger partial charge in [-0.3, -0.25) is 15.1 Å². The van der Waals surface area contributed by atoms with Crippen LogP contribution in [-0.2, 0) is 0 Å². The Kier molecular flexibility index (Phi) is 3.77. The number of aryl methyl sites for hydroxylation is 1. The number of rotatable bonds is 3. The van der Waals surface area contributed by atoms with Gasteiger partial charge in [-0.05, 0) is 24.6 Å². The predicted octanol–water partition coefficient (Wildman–Crippen LogP) is 3.70. The molecule has 2 aromatic rings. The van der Waals surface area contributed by atoms with Crippen LogP contribution in [-0.4, -0.2) is 9.91 Å². The third-order valence-corrected chi connectivity index (χ3v) is 3.44. The number of pyridine rings is 1. The average Bonchev–Trinajstić information content (AvgIpc) is 2.41. The number of nitrogens with zero attached hydrogens (tertiary/aromatic N) is 3. The van der Waals surface area contributed by atoms with Crippen molar-refractivity contribution < 1.29 is 4.92 Å². The van der Waals surface area contributed by atoms with Gasteiger partial charge in [0.25, 0.3) is 5.69 Å². The van der Waals surface area contributed by atoms with Gasteiger partial charge in [0.1, 0.15) is 5.69 Å². The molecule has 98 valence electrons. The third-order valence-electron chi connectivity index (χ3n) is 2.58. The van der Waals surface area contributed by atoms with Crippen LogP contribution in [0.2, 0.25) is 0 Å². The zero-order chi connectivity index (χ0) is 14.0. The lowest BCUT2D eigenvalue weighted by Crippen LogP contribution is -2.09. The van der Waals surface area contributed by atoms with E-state index < -0.39 is 4.92 Å². The molecule has 0 fully saturated rings. The molecule has 0 saturated carbocycles. The van der Waals surface area contributed by atoms with E-state index in [2.05, 4.69) is 20.9 Å². The quantitative estimate of drug-likeness (QED) is 0.635. The van der Waals surface area contributed by atoms with Crippen molar-refractivity contribution in [2.75, 3.05) is 5.06 Å². The predicted molar refractivity (Wildman–Crippen MR) is 75.3 cm³/mol. The van der Waals surface area contributed by atoms with Crippen LogP contribution in [0.15, 0.2) is 41.1 Å². The second kappa shape index (κ2) is 5.33. The van der Waals surface area contributed by atoms with Gasteiger partial charge in [-0.15, -0.1) is 0 Å². The monoisotopic (exact) mass is 322 g/mol. The minimum atomic E-state index is -0.606. The van der Waals surface area contributed by atoms with Gasteiger partial charge in [0.15, 0.2) is 0 Å². The van der Waals surface area contributed by atoms with Gasteiger partial charge in [0, 0.05) is 22.4 Å². The number of hydrogen-bond donors (Lipinski definition) is 0. The summed E-state index contributed by atoms with van der Waals surface area (Å²) in [7, 11) is 0. The molecule has 0 N–H and O–H groups in total. The van der Waals surface area contributed by atoms with Gasteiger partial charge in [0.05, 0.1) is 11.1 Å². The van der Waals surface area contributed by atoms with Crippen LogP contribution < -0.4 is 5.06 Å². The highest BCUT2D eigenvalue weighted by Gasteiger charge is 2.15. The minimum Gasteiger partial charge on any atom is -0.754 e. The molecular weight excluding hydrogens is 314 g/mol. The van der Waals surface area contributed by atoms with Gasteiger partial charge in [-0.25, -0.2) is 0 Å². The molecular formula is C12H9BrN3O3-. The first-order valence-electron chi connectivity index (χ1n) is 5.32. The maximum Gasteiger partial charge on any atom is 0.295 e. The fraction of sp³-hybridized carbons (Fsp3) is 0.0833. The van der Waals surface area contributed by atoms with Crippen molar-refractivity contribution in [3.05, 3.63) is 62.0 Å². The number of halogens is 1. The summed E-state index contributed by atoms with van der Waals surface area (Å²) in [6, 6.07) is 6.17. The summed E-state index contributed by atoms with van der Waals surface area (Å²) in [6.07, 6.45) is 2.46. The molecule has 1 aromatic carbocycles. The maximum atomic E-state index is 12.2. The Morgan fingerprint density at radius 1 is 1.37 bits per heavy atom. The Balaban J connectivity index is 2.46. The number of aromatic nitrogens is 1. The first kappa shape index (κ1) is 13.4. The van der Waals surface area contributed by atoms with E-state index in [9.17, 15) is 15.3 Å². The number of hydrogen-bond acceptors (Lipinski definition) is 5. The van der Waals surface area contributed by atoms with Crippen molar-refractivity contribution in [3.8, 4) is 0 Å². The summed E-state index contributed by atoms with van der Waals surface area (Å²) in [5, 5.41) is 23.6. The van der Waals surface area contributed by atoms with E-state index in [1.165, 1.54) is 18.5 Å². The molecule has 0 saturated heterocycles. The normalized spacial score (nSPS) is 10.3. The van der Waals surface area contributed by atoms with Gasteiger partial charge >= 0.3 is 0 Å². The Morgan fingerprint density at radius 3 is 2.74 bits per heavy atom. The van der Waals surface area contributed by atoms with Crippen LogP contribution >= 0.6 is 15.9 Å². The van der Waals surface area contributed by atoms with Crippen molar-refractivity contribution in [2.24, 2.45) is 0 Å². The van der Waals surface area contributed by atoms with Crippen molar-refractivity contribution >= 4 is 33.0 Å². The standard InChI is InChI=1S/C12H9BrN3O3/c1-8-2-3-9(6-10(8)13)15(17)12-7-14-5-4-11(12)16(18)19/h2-7H,1H3/q-1. The first-order valence-corrected chi connectivity index (χ1v) is 6.12. The van der Waals surface area contributed by atoms with Crippen LogP contribution in [0.4, 0.5) is 17.1 Å². The summed E-state index contributed by atoms with van der Waals surface area (Å²) in [5.41, 5.74) is 0.899. The van der Waals surface area contributed by atoms with Gasteiger partial charge in [-0.2, -0.15) is 0 Å². The van der Waals surface area contributed by atoms with Crippen molar-refractivity contribution in [1.29, 1.82) is 0 Å². The van der Waals surface area contributed by atoms with Gasteiger partial charge in [-0.1, -0.05) is 22.0 Å². The van der Waals surface area contributed by atoms with Crippen LogP contribution in [0, 0.1) is 22.2 Å². The highest BCUT2D eigenvalue weighted by molar-refractivity contribution is 9.10. The fourth-order valence-corrected chi connectivity index (χ4v) is 1.90. The smallest absolute Gasteiger partial charge is 0.295 e. The first-order chi connectivity index (χ1) is 9.00. The molecule has 0 unspecified atom stereocenters. The lowest BCUT2D eigenvalue weighted by atomic mass is 10.2. The molecule has 7 heteroatoms. The Labute approximate surface area is 117 Å².